The highest BCUT2D eigenvalue weighted by Gasteiger charge is 2.31. The third kappa shape index (κ3) is 4.74. The molecule has 166 valence electrons. The number of nitrogens with one attached hydrogen (secondary N) is 1. The minimum Gasteiger partial charge on any atom is -0.342 e. The summed E-state index contributed by atoms with van der Waals surface area (Å²) in [6.45, 7) is 2.66. The first-order valence-electron chi connectivity index (χ1n) is 10.4. The molecule has 1 aromatic carbocycles. The van der Waals surface area contributed by atoms with Crippen LogP contribution >= 0.6 is 0 Å². The van der Waals surface area contributed by atoms with E-state index in [-0.39, 0.29) is 6.04 Å². The molecule has 2 aromatic rings. The van der Waals surface area contributed by atoms with Gasteiger partial charge in [0.05, 0.1) is 23.0 Å². The van der Waals surface area contributed by atoms with Gasteiger partial charge in [0.1, 0.15) is 5.69 Å². The maximum atomic E-state index is 13.2. The molecule has 8 heteroatoms. The van der Waals surface area contributed by atoms with E-state index in [1.54, 1.807) is 6.07 Å². The minimum atomic E-state index is -4.43. The van der Waals surface area contributed by atoms with E-state index in [9.17, 15) is 13.2 Å². The van der Waals surface area contributed by atoms with Crippen molar-refractivity contribution in [1.29, 1.82) is 0 Å². The summed E-state index contributed by atoms with van der Waals surface area (Å²) in [7, 11) is 1.94. The summed E-state index contributed by atoms with van der Waals surface area (Å²) >= 11 is 0. The Morgan fingerprint density at radius 1 is 1.16 bits per heavy atom. The lowest BCUT2D eigenvalue weighted by Gasteiger charge is -2.29. The van der Waals surface area contributed by atoms with Gasteiger partial charge in [0.2, 0.25) is 0 Å². The van der Waals surface area contributed by atoms with E-state index >= 15 is 0 Å². The van der Waals surface area contributed by atoms with Crippen LogP contribution in [0.25, 0.3) is 17.0 Å². The van der Waals surface area contributed by atoms with Crippen molar-refractivity contribution in [2.45, 2.75) is 25.6 Å². The summed E-state index contributed by atoms with van der Waals surface area (Å²) < 4.78 is 39.7. The van der Waals surface area contributed by atoms with Gasteiger partial charge in [-0.05, 0) is 31.6 Å². The van der Waals surface area contributed by atoms with Crippen molar-refractivity contribution in [2.24, 2.45) is 10.9 Å². The highest BCUT2D eigenvalue weighted by molar-refractivity contribution is 5.92. The largest absolute Gasteiger partial charge is 0.416 e. The molecule has 1 aliphatic carbocycles. The number of likely N-dealkylation sites (N-methyl/N-ethyl adjacent to an activating group) is 1. The highest BCUT2D eigenvalue weighted by atomic mass is 19.4. The molecule has 0 fully saturated rings. The smallest absolute Gasteiger partial charge is 0.342 e. The fourth-order valence-corrected chi connectivity index (χ4v) is 3.70. The number of allylic oxidation sites excluding steroid dienone is 3. The Hall–Kier alpha value is -3.42. The Labute approximate surface area is 185 Å². The minimum absolute atomic E-state index is 0.0605. The summed E-state index contributed by atoms with van der Waals surface area (Å²) in [6.07, 6.45) is 9.82. The Balaban J connectivity index is 1.64. The third-order valence-electron chi connectivity index (χ3n) is 5.55. The van der Waals surface area contributed by atoms with E-state index in [1.807, 2.05) is 30.2 Å². The molecule has 32 heavy (non-hydrogen) atoms. The summed E-state index contributed by atoms with van der Waals surface area (Å²) in [5, 5.41) is 3.31. The number of halogens is 3. The molecule has 1 aliphatic heterocycles. The lowest BCUT2D eigenvalue weighted by Crippen LogP contribution is -2.43. The van der Waals surface area contributed by atoms with E-state index in [0.29, 0.717) is 41.1 Å². The predicted molar refractivity (Wildman–Crippen MR) is 119 cm³/mol. The van der Waals surface area contributed by atoms with Crippen LogP contribution < -0.4 is 5.32 Å². The van der Waals surface area contributed by atoms with Crippen molar-refractivity contribution in [2.75, 3.05) is 13.6 Å². The van der Waals surface area contributed by atoms with Gasteiger partial charge in [-0.1, -0.05) is 36.4 Å². The van der Waals surface area contributed by atoms with E-state index in [2.05, 4.69) is 34.4 Å². The van der Waals surface area contributed by atoms with E-state index in [0.717, 1.165) is 18.6 Å². The fourth-order valence-electron chi connectivity index (χ4n) is 3.70. The van der Waals surface area contributed by atoms with Gasteiger partial charge in [0.25, 0.3) is 0 Å². The zero-order valence-electron chi connectivity index (χ0n) is 17.8. The van der Waals surface area contributed by atoms with Crippen molar-refractivity contribution < 1.29 is 13.2 Å². The number of aliphatic imine (C=N–C) groups is 1. The molecule has 5 nitrogen and oxygen atoms in total. The number of nitrogens with zero attached hydrogens (tertiary/aromatic N) is 4. The first kappa shape index (κ1) is 21.8. The first-order valence-corrected chi connectivity index (χ1v) is 10.4. The molecule has 4 rings (SSSR count). The number of hydrogen-bond acceptors (Lipinski definition) is 3. The Kier molecular flexibility index (Phi) is 6.12. The summed E-state index contributed by atoms with van der Waals surface area (Å²) in [6, 6.07) is 5.20. The number of alkyl halides is 3. The topological polar surface area (TPSA) is 53.4 Å². The first-order chi connectivity index (χ1) is 15.3. The van der Waals surface area contributed by atoms with Gasteiger partial charge in [0.15, 0.2) is 5.96 Å². The molecule has 1 unspecified atom stereocenters. The number of rotatable bonds is 4. The molecule has 0 radical (unpaired) electrons. The average molecular weight is 439 g/mol. The molecule has 0 bridgehead atoms. The van der Waals surface area contributed by atoms with Gasteiger partial charge < -0.3 is 10.2 Å². The van der Waals surface area contributed by atoms with Crippen LogP contribution in [-0.2, 0) is 6.18 Å². The van der Waals surface area contributed by atoms with Gasteiger partial charge in [-0.2, -0.15) is 13.2 Å². The van der Waals surface area contributed by atoms with Gasteiger partial charge in [0, 0.05) is 37.5 Å². The standard InChI is InChI=1S/C24H24F3N5/c1-16(17-7-4-3-5-8-17)30-23-31-20(11-14-32(23)2)22-21(28-12-13-29-22)18-9-6-10-19(15-18)24(25,26)27/h3-7,9-13,15-17H,8,14H2,1-2H3,(H,30,31)/t16-,17?/m0/s1. The summed E-state index contributed by atoms with van der Waals surface area (Å²) in [5.41, 5.74) is 1.18. The van der Waals surface area contributed by atoms with Crippen LogP contribution in [0.3, 0.4) is 0 Å². The zero-order valence-corrected chi connectivity index (χ0v) is 17.8. The van der Waals surface area contributed by atoms with E-state index < -0.39 is 11.7 Å². The van der Waals surface area contributed by atoms with Crippen LogP contribution in [0, 0.1) is 5.92 Å². The lowest BCUT2D eigenvalue weighted by atomic mass is 9.94. The Bertz CT molecular complexity index is 1100. The van der Waals surface area contributed by atoms with Crippen molar-refractivity contribution in [1.82, 2.24) is 20.2 Å². The van der Waals surface area contributed by atoms with Gasteiger partial charge >= 0.3 is 6.18 Å². The third-order valence-corrected chi connectivity index (χ3v) is 5.55. The van der Waals surface area contributed by atoms with Gasteiger partial charge in [-0.3, -0.25) is 9.97 Å². The van der Waals surface area contributed by atoms with Crippen LogP contribution in [0.5, 0.6) is 0 Å². The molecular formula is C24H24F3N5. The number of aromatic nitrogens is 2. The monoisotopic (exact) mass is 439 g/mol. The molecule has 1 aromatic heterocycles. The van der Waals surface area contributed by atoms with E-state index in [4.69, 9.17) is 4.99 Å². The van der Waals surface area contributed by atoms with Crippen molar-refractivity contribution in [3.63, 3.8) is 0 Å². The number of benzene rings is 1. The molecule has 2 aliphatic rings. The van der Waals surface area contributed by atoms with Crippen molar-refractivity contribution in [3.8, 4) is 11.3 Å². The van der Waals surface area contributed by atoms with Gasteiger partial charge in [-0.15, -0.1) is 0 Å². The average Bonchev–Trinajstić information content (AvgIpc) is 2.80. The van der Waals surface area contributed by atoms with Crippen LogP contribution in [0.1, 0.15) is 24.6 Å². The zero-order chi connectivity index (χ0) is 22.7. The van der Waals surface area contributed by atoms with Gasteiger partial charge in [-0.25, -0.2) is 4.99 Å². The van der Waals surface area contributed by atoms with E-state index in [1.165, 1.54) is 18.5 Å². The lowest BCUT2D eigenvalue weighted by molar-refractivity contribution is -0.137. The maximum Gasteiger partial charge on any atom is 0.416 e. The molecule has 1 N–H and O–H groups in total. The molecular weight excluding hydrogens is 415 g/mol. The summed E-state index contributed by atoms with van der Waals surface area (Å²) in [4.78, 5) is 15.6. The molecule has 2 heterocycles. The number of guanidine groups is 1. The van der Waals surface area contributed by atoms with Crippen molar-refractivity contribution in [3.05, 3.63) is 78.3 Å². The SMILES string of the molecule is C[C@H](N=C1NC(c2nccnc2-c2cccc(C(F)(F)F)c2)=CCN1C)C1C=CC=CC1. The highest BCUT2D eigenvalue weighted by Crippen LogP contribution is 2.33. The predicted octanol–water partition coefficient (Wildman–Crippen LogP) is 4.92. The Morgan fingerprint density at radius 3 is 2.66 bits per heavy atom. The normalized spacial score (nSPS) is 20.8. The maximum absolute atomic E-state index is 13.2. The quantitative estimate of drug-likeness (QED) is 0.735. The van der Waals surface area contributed by atoms with Crippen LogP contribution in [0.4, 0.5) is 13.2 Å². The number of hydrogen-bond donors (Lipinski definition) is 1. The van der Waals surface area contributed by atoms with Crippen LogP contribution in [0.2, 0.25) is 0 Å². The Morgan fingerprint density at radius 2 is 1.94 bits per heavy atom. The second-order valence-electron chi connectivity index (χ2n) is 7.86. The summed E-state index contributed by atoms with van der Waals surface area (Å²) in [5.74, 6) is 1.01. The van der Waals surface area contributed by atoms with Crippen LogP contribution in [0.15, 0.2) is 72.0 Å². The second-order valence-corrected chi connectivity index (χ2v) is 7.86. The fraction of sp³-hybridized carbons (Fsp3) is 0.292. The van der Waals surface area contributed by atoms with Crippen molar-refractivity contribution >= 4 is 11.7 Å². The van der Waals surface area contributed by atoms with Crippen LogP contribution in [-0.4, -0.2) is 40.5 Å². The molecule has 0 saturated heterocycles. The molecule has 0 saturated carbocycles. The molecule has 2 atom stereocenters. The molecule has 0 amide bonds. The molecule has 0 spiro atoms. The second kappa shape index (κ2) is 8.98.